The summed E-state index contributed by atoms with van der Waals surface area (Å²) >= 11 is 0. The smallest absolute Gasteiger partial charge is 0.258 e. The average Bonchev–Trinajstić information content (AvgIpc) is 2.59. The van der Waals surface area contributed by atoms with Crippen molar-refractivity contribution in [3.05, 3.63) is 40.4 Å². The van der Waals surface area contributed by atoms with Crippen LogP contribution < -0.4 is 5.56 Å². The van der Waals surface area contributed by atoms with Gasteiger partial charge in [0.05, 0.1) is 24.0 Å². The molecule has 28 heavy (non-hydrogen) atoms. The van der Waals surface area contributed by atoms with E-state index in [4.69, 9.17) is 0 Å². The first-order valence-corrected chi connectivity index (χ1v) is 10.2. The van der Waals surface area contributed by atoms with Gasteiger partial charge in [0.15, 0.2) is 0 Å². The van der Waals surface area contributed by atoms with Gasteiger partial charge in [0.1, 0.15) is 5.82 Å². The number of benzene rings is 1. The number of para-hydroxylation sites is 1. The van der Waals surface area contributed by atoms with Gasteiger partial charge in [-0.15, -0.1) is 0 Å². The number of hydrogen-bond acceptors (Lipinski definition) is 4. The Balaban J connectivity index is 2.18. The molecule has 1 amide bonds. The van der Waals surface area contributed by atoms with Crippen molar-refractivity contribution >= 4 is 16.8 Å². The lowest BCUT2D eigenvalue weighted by atomic mass is 10.1. The lowest BCUT2D eigenvalue weighted by Crippen LogP contribution is -2.45. The summed E-state index contributed by atoms with van der Waals surface area (Å²) in [6.45, 7) is 14.9. The van der Waals surface area contributed by atoms with Gasteiger partial charge in [-0.05, 0) is 37.8 Å². The Morgan fingerprint density at radius 3 is 2.21 bits per heavy atom. The summed E-state index contributed by atoms with van der Waals surface area (Å²) in [4.78, 5) is 36.8. The number of carbonyl (C=O) groups is 1. The number of hydrogen-bond donors (Lipinski definition) is 1. The summed E-state index contributed by atoms with van der Waals surface area (Å²) in [6.07, 6.45) is 0. The number of nitrogens with zero attached hydrogens (tertiary/aromatic N) is 3. The SMILES string of the molecule is CC(C)CN(CC(C)C)C(=O)CN(Cc1nc2ccccc2c(=O)[nH]1)C(C)C. The van der Waals surface area contributed by atoms with Crippen LogP contribution >= 0.6 is 0 Å². The highest BCUT2D eigenvalue weighted by atomic mass is 16.2. The van der Waals surface area contributed by atoms with Gasteiger partial charge in [-0.25, -0.2) is 4.98 Å². The van der Waals surface area contributed by atoms with Crippen LogP contribution in [0.15, 0.2) is 29.1 Å². The molecule has 2 rings (SSSR count). The van der Waals surface area contributed by atoms with E-state index in [1.54, 1.807) is 6.07 Å². The lowest BCUT2D eigenvalue weighted by molar-refractivity contribution is -0.134. The van der Waals surface area contributed by atoms with Crippen molar-refractivity contribution in [3.8, 4) is 0 Å². The second kappa shape index (κ2) is 9.82. The van der Waals surface area contributed by atoms with E-state index in [2.05, 4.69) is 56.4 Å². The molecule has 0 aliphatic carbocycles. The van der Waals surface area contributed by atoms with Crippen molar-refractivity contribution in [2.75, 3.05) is 19.6 Å². The van der Waals surface area contributed by atoms with E-state index in [0.29, 0.717) is 41.7 Å². The van der Waals surface area contributed by atoms with Crippen LogP contribution in [0.5, 0.6) is 0 Å². The molecule has 0 saturated heterocycles. The topological polar surface area (TPSA) is 69.3 Å². The van der Waals surface area contributed by atoms with Crippen molar-refractivity contribution in [3.63, 3.8) is 0 Å². The summed E-state index contributed by atoms with van der Waals surface area (Å²) < 4.78 is 0. The minimum atomic E-state index is -0.142. The molecule has 0 aliphatic heterocycles. The monoisotopic (exact) mass is 386 g/mol. The van der Waals surface area contributed by atoms with Crippen LogP contribution in [-0.4, -0.2) is 51.4 Å². The lowest BCUT2D eigenvalue weighted by Gasteiger charge is -2.31. The predicted octanol–water partition coefficient (Wildman–Crippen LogP) is 3.27. The molecular formula is C22H34N4O2. The third-order valence-electron chi connectivity index (χ3n) is 4.61. The van der Waals surface area contributed by atoms with Gasteiger partial charge in [0, 0.05) is 19.1 Å². The van der Waals surface area contributed by atoms with Crippen LogP contribution in [0.4, 0.5) is 0 Å². The molecule has 0 fully saturated rings. The summed E-state index contributed by atoms with van der Waals surface area (Å²) in [6, 6.07) is 7.46. The van der Waals surface area contributed by atoms with Crippen LogP contribution in [0.3, 0.4) is 0 Å². The van der Waals surface area contributed by atoms with Gasteiger partial charge >= 0.3 is 0 Å². The normalized spacial score (nSPS) is 11.9. The number of nitrogens with one attached hydrogen (secondary N) is 1. The van der Waals surface area contributed by atoms with Crippen LogP contribution in [0, 0.1) is 11.8 Å². The molecule has 0 radical (unpaired) electrons. The number of aromatic amines is 1. The molecule has 6 nitrogen and oxygen atoms in total. The number of H-pyrrole nitrogens is 1. The molecule has 1 aromatic carbocycles. The zero-order valence-corrected chi connectivity index (χ0v) is 18.0. The Morgan fingerprint density at radius 2 is 1.64 bits per heavy atom. The van der Waals surface area contributed by atoms with E-state index in [9.17, 15) is 9.59 Å². The van der Waals surface area contributed by atoms with Crippen molar-refractivity contribution in [2.45, 2.75) is 54.1 Å². The van der Waals surface area contributed by atoms with Crippen molar-refractivity contribution in [2.24, 2.45) is 11.8 Å². The maximum Gasteiger partial charge on any atom is 0.258 e. The molecule has 1 N–H and O–H groups in total. The summed E-state index contributed by atoms with van der Waals surface area (Å²) in [5.41, 5.74) is 0.536. The molecule has 1 aromatic heterocycles. The molecule has 6 heteroatoms. The fourth-order valence-electron chi connectivity index (χ4n) is 3.26. The number of fused-ring (bicyclic) bond motifs is 1. The maximum atomic E-state index is 13.0. The molecule has 0 aliphatic rings. The quantitative estimate of drug-likeness (QED) is 0.718. The minimum absolute atomic E-state index is 0.124. The Morgan fingerprint density at radius 1 is 1.04 bits per heavy atom. The molecule has 0 spiro atoms. The van der Waals surface area contributed by atoms with Gasteiger partial charge in [-0.3, -0.25) is 14.5 Å². The number of aromatic nitrogens is 2. The van der Waals surface area contributed by atoms with E-state index in [0.717, 1.165) is 13.1 Å². The number of rotatable bonds is 9. The van der Waals surface area contributed by atoms with Crippen LogP contribution in [0.1, 0.15) is 47.4 Å². The average molecular weight is 387 g/mol. The third kappa shape index (κ3) is 6.16. The largest absolute Gasteiger partial charge is 0.341 e. The van der Waals surface area contributed by atoms with Crippen molar-refractivity contribution in [1.29, 1.82) is 0 Å². The summed E-state index contributed by atoms with van der Waals surface area (Å²) in [5.74, 6) is 1.56. The van der Waals surface area contributed by atoms with E-state index in [-0.39, 0.29) is 17.5 Å². The first-order chi connectivity index (χ1) is 13.2. The van der Waals surface area contributed by atoms with E-state index in [1.165, 1.54) is 0 Å². The fourth-order valence-corrected chi connectivity index (χ4v) is 3.26. The maximum absolute atomic E-state index is 13.0. The van der Waals surface area contributed by atoms with E-state index < -0.39 is 0 Å². The van der Waals surface area contributed by atoms with E-state index in [1.807, 2.05) is 23.1 Å². The molecule has 2 aromatic rings. The van der Waals surface area contributed by atoms with Gasteiger partial charge in [-0.1, -0.05) is 39.8 Å². The Kier molecular flexibility index (Phi) is 7.75. The van der Waals surface area contributed by atoms with Crippen molar-refractivity contribution < 1.29 is 4.79 Å². The Hall–Kier alpha value is -2.21. The molecule has 1 heterocycles. The van der Waals surface area contributed by atoms with Crippen LogP contribution in [0.25, 0.3) is 10.9 Å². The molecule has 0 atom stereocenters. The van der Waals surface area contributed by atoms with Crippen molar-refractivity contribution in [1.82, 2.24) is 19.8 Å². The van der Waals surface area contributed by atoms with Gasteiger partial charge < -0.3 is 9.88 Å². The first kappa shape index (κ1) is 22.1. The second-order valence-electron chi connectivity index (χ2n) is 8.61. The third-order valence-corrected chi connectivity index (χ3v) is 4.61. The Labute approximate surface area is 168 Å². The minimum Gasteiger partial charge on any atom is -0.341 e. The molecule has 154 valence electrons. The highest BCUT2D eigenvalue weighted by Crippen LogP contribution is 2.11. The molecular weight excluding hydrogens is 352 g/mol. The van der Waals surface area contributed by atoms with Gasteiger partial charge in [-0.2, -0.15) is 0 Å². The van der Waals surface area contributed by atoms with Crippen LogP contribution in [0.2, 0.25) is 0 Å². The van der Waals surface area contributed by atoms with Crippen LogP contribution in [-0.2, 0) is 11.3 Å². The highest BCUT2D eigenvalue weighted by Gasteiger charge is 2.22. The zero-order chi connectivity index (χ0) is 20.8. The summed E-state index contributed by atoms with van der Waals surface area (Å²) in [7, 11) is 0. The van der Waals surface area contributed by atoms with E-state index >= 15 is 0 Å². The Bertz CT molecular complexity index is 832. The fraction of sp³-hybridized carbons (Fsp3) is 0.591. The zero-order valence-electron chi connectivity index (χ0n) is 18.0. The molecule has 0 saturated carbocycles. The number of amides is 1. The number of carbonyl (C=O) groups excluding carboxylic acids is 1. The summed E-state index contributed by atoms with van der Waals surface area (Å²) in [5, 5.41) is 0.582. The second-order valence-corrected chi connectivity index (χ2v) is 8.61. The highest BCUT2D eigenvalue weighted by molar-refractivity contribution is 5.78. The standard InChI is InChI=1S/C22H34N4O2/c1-15(2)11-26(12-16(3)4)21(27)14-25(17(5)6)13-20-23-19-10-8-7-9-18(19)22(28)24-20/h7-10,15-17H,11-14H2,1-6H3,(H,23,24,28). The molecule has 0 unspecified atom stereocenters. The van der Waals surface area contributed by atoms with Gasteiger partial charge in [0.25, 0.3) is 5.56 Å². The predicted molar refractivity (Wildman–Crippen MR) is 114 cm³/mol. The first-order valence-electron chi connectivity index (χ1n) is 10.2. The van der Waals surface area contributed by atoms with Gasteiger partial charge in [0.2, 0.25) is 5.91 Å². The molecule has 0 bridgehead atoms.